The van der Waals surface area contributed by atoms with Crippen molar-refractivity contribution in [2.75, 3.05) is 13.7 Å². The van der Waals surface area contributed by atoms with Crippen molar-refractivity contribution in [3.63, 3.8) is 0 Å². The summed E-state index contributed by atoms with van der Waals surface area (Å²) in [5.41, 5.74) is 1.05. The number of nitrogens with two attached hydrogens (primary N) is 1. The summed E-state index contributed by atoms with van der Waals surface area (Å²) in [6.07, 6.45) is 2.13. The van der Waals surface area contributed by atoms with Gasteiger partial charge in [-0.05, 0) is 13.3 Å². The number of carbonyl (C=O) groups excluding carboxylic acids is 1. The lowest BCUT2D eigenvalue weighted by Crippen LogP contribution is -2.32. The van der Waals surface area contributed by atoms with Crippen LogP contribution in [0.25, 0.3) is 10.6 Å². The number of aliphatic imine (C=N–C) groups is 1. The maximum Gasteiger partial charge on any atom is 0.273 e. The van der Waals surface area contributed by atoms with Crippen molar-refractivity contribution >= 4 is 29.2 Å². The summed E-state index contributed by atoms with van der Waals surface area (Å²) in [6, 6.07) is 9.75. The molecule has 2 aromatic rings. The first-order valence-corrected chi connectivity index (χ1v) is 8.91. The van der Waals surface area contributed by atoms with E-state index in [4.69, 9.17) is 10.6 Å². The Labute approximate surface area is 157 Å². The van der Waals surface area contributed by atoms with Crippen molar-refractivity contribution in [2.24, 2.45) is 15.9 Å². The fraction of sp³-hybridized carbons (Fsp3) is 0.353. The van der Waals surface area contributed by atoms with Gasteiger partial charge in [-0.3, -0.25) is 9.79 Å². The first-order chi connectivity index (χ1) is 12.6. The second kappa shape index (κ2) is 10.4. The molecule has 3 N–H and O–H groups in total. The van der Waals surface area contributed by atoms with Crippen molar-refractivity contribution in [3.05, 3.63) is 35.3 Å². The number of nitrogens with one attached hydrogen (secondary N) is 1. The molecule has 1 aromatic carbocycles. The molecule has 0 fully saturated rings. The van der Waals surface area contributed by atoms with E-state index in [1.807, 2.05) is 37.3 Å². The summed E-state index contributed by atoms with van der Waals surface area (Å²) in [7, 11) is 1.63. The maximum atomic E-state index is 12.2. The molecule has 1 atom stereocenters. The van der Waals surface area contributed by atoms with Crippen LogP contribution in [0, 0.1) is 0 Å². The Morgan fingerprint density at radius 1 is 1.42 bits per heavy atom. The highest BCUT2D eigenvalue weighted by Gasteiger charge is 2.12. The number of hydrogen-bond donors (Lipinski definition) is 2. The van der Waals surface area contributed by atoms with Crippen LogP contribution in [0.2, 0.25) is 0 Å². The highest BCUT2D eigenvalue weighted by atomic mass is 32.1. The van der Waals surface area contributed by atoms with Crippen LogP contribution in [0.5, 0.6) is 0 Å². The summed E-state index contributed by atoms with van der Waals surface area (Å²) in [6.45, 7) is 2.77. The van der Waals surface area contributed by atoms with Crippen LogP contribution in [0.3, 0.4) is 0 Å². The monoisotopic (exact) mass is 376 g/mol. The number of amides is 1. The molecule has 0 saturated heterocycles. The summed E-state index contributed by atoms with van der Waals surface area (Å²) in [5, 5.41) is 16.0. The van der Waals surface area contributed by atoms with Crippen LogP contribution in [0.1, 0.15) is 19.8 Å². The van der Waals surface area contributed by atoms with E-state index in [2.05, 4.69) is 25.6 Å². The minimum Gasteiger partial charge on any atom is -0.385 e. The Balaban J connectivity index is 0.00000364. The SMILES string of the molecule is COCC[C@@H](C)N=C/C(=N\N)C(=O)NCc1nnc(-c2ccccc2)s1.[HH]. The maximum absolute atomic E-state index is 12.2. The molecule has 1 heterocycles. The Kier molecular flexibility index (Phi) is 7.84. The highest BCUT2D eigenvalue weighted by Crippen LogP contribution is 2.22. The van der Waals surface area contributed by atoms with Crippen LogP contribution in [0.4, 0.5) is 0 Å². The molecular weight excluding hydrogens is 352 g/mol. The molecule has 0 radical (unpaired) electrons. The van der Waals surface area contributed by atoms with Crippen molar-refractivity contribution in [1.29, 1.82) is 0 Å². The van der Waals surface area contributed by atoms with Crippen molar-refractivity contribution in [2.45, 2.75) is 25.9 Å². The van der Waals surface area contributed by atoms with Gasteiger partial charge in [-0.1, -0.05) is 41.7 Å². The van der Waals surface area contributed by atoms with Gasteiger partial charge in [0.2, 0.25) is 0 Å². The van der Waals surface area contributed by atoms with Gasteiger partial charge >= 0.3 is 0 Å². The van der Waals surface area contributed by atoms with E-state index in [-0.39, 0.29) is 19.7 Å². The number of hydrazone groups is 1. The first kappa shape index (κ1) is 19.7. The Bertz CT molecular complexity index is 766. The minimum atomic E-state index is -0.411. The highest BCUT2D eigenvalue weighted by molar-refractivity contribution is 7.14. The molecule has 0 aliphatic rings. The first-order valence-electron chi connectivity index (χ1n) is 8.10. The zero-order chi connectivity index (χ0) is 18.8. The van der Waals surface area contributed by atoms with E-state index in [1.165, 1.54) is 17.6 Å². The van der Waals surface area contributed by atoms with E-state index in [1.54, 1.807) is 7.11 Å². The van der Waals surface area contributed by atoms with E-state index >= 15 is 0 Å². The molecule has 0 spiro atoms. The Morgan fingerprint density at radius 2 is 2.19 bits per heavy atom. The Morgan fingerprint density at radius 3 is 2.88 bits per heavy atom. The zero-order valence-corrected chi connectivity index (χ0v) is 15.6. The van der Waals surface area contributed by atoms with Gasteiger partial charge in [0, 0.05) is 26.7 Å². The average molecular weight is 376 g/mol. The predicted octanol–water partition coefficient (Wildman–Crippen LogP) is 1.88. The van der Waals surface area contributed by atoms with Crippen LogP contribution >= 0.6 is 11.3 Å². The van der Waals surface area contributed by atoms with Crippen molar-refractivity contribution in [3.8, 4) is 10.6 Å². The molecule has 1 amide bonds. The van der Waals surface area contributed by atoms with Crippen LogP contribution in [-0.2, 0) is 16.1 Å². The molecule has 8 nitrogen and oxygen atoms in total. The van der Waals surface area contributed by atoms with Crippen molar-refractivity contribution in [1.82, 2.24) is 15.5 Å². The lowest BCUT2D eigenvalue weighted by molar-refractivity contribution is -0.114. The zero-order valence-electron chi connectivity index (χ0n) is 14.8. The average Bonchev–Trinajstić information content (AvgIpc) is 3.15. The van der Waals surface area contributed by atoms with Gasteiger partial charge in [0.15, 0.2) is 5.71 Å². The fourth-order valence-corrected chi connectivity index (χ4v) is 2.77. The number of benzene rings is 1. The number of rotatable bonds is 9. The molecule has 140 valence electrons. The standard InChI is InChI=1S/C17H22N6O2S.H2/c1-12(8-9-25-2)19-10-14(21-18)16(24)20-11-15-22-23-17(26-15)13-6-4-3-5-7-13;/h3-7,10,12H,8-9,11,18H2,1-2H3,(H,20,24);1H/b19-10?,21-14+;/t12-;/m1./s1. The fourth-order valence-electron chi connectivity index (χ4n) is 1.98. The van der Waals surface area contributed by atoms with Gasteiger partial charge < -0.3 is 15.9 Å². The normalized spacial score (nSPS) is 13.1. The van der Waals surface area contributed by atoms with Gasteiger partial charge in [0.05, 0.1) is 12.8 Å². The van der Waals surface area contributed by atoms with E-state index in [0.29, 0.717) is 11.6 Å². The molecule has 0 bridgehead atoms. The summed E-state index contributed by atoms with van der Waals surface area (Å²) in [4.78, 5) is 16.4. The summed E-state index contributed by atoms with van der Waals surface area (Å²) < 4.78 is 4.99. The van der Waals surface area contributed by atoms with E-state index in [0.717, 1.165) is 17.0 Å². The lowest BCUT2D eigenvalue weighted by Gasteiger charge is -2.05. The molecule has 9 heteroatoms. The van der Waals surface area contributed by atoms with Crippen LogP contribution in [-0.4, -0.2) is 47.8 Å². The smallest absolute Gasteiger partial charge is 0.273 e. The van der Waals surface area contributed by atoms with E-state index in [9.17, 15) is 4.79 Å². The van der Waals surface area contributed by atoms with Crippen LogP contribution < -0.4 is 11.2 Å². The number of carbonyl (C=O) groups is 1. The number of nitrogens with zero attached hydrogens (tertiary/aromatic N) is 4. The largest absolute Gasteiger partial charge is 0.385 e. The van der Waals surface area contributed by atoms with Gasteiger partial charge in [-0.15, -0.1) is 10.2 Å². The molecule has 0 aliphatic heterocycles. The van der Waals surface area contributed by atoms with Crippen molar-refractivity contribution < 1.29 is 11.0 Å². The number of ether oxygens (including phenoxy) is 1. The summed E-state index contributed by atoms with van der Waals surface area (Å²) >= 11 is 1.42. The molecule has 1 aromatic heterocycles. The topological polar surface area (TPSA) is 115 Å². The minimum absolute atomic E-state index is 0. The van der Waals surface area contributed by atoms with Gasteiger partial charge in [0.25, 0.3) is 5.91 Å². The van der Waals surface area contributed by atoms with Crippen LogP contribution in [0.15, 0.2) is 40.4 Å². The second-order valence-corrected chi connectivity index (χ2v) is 6.53. The predicted molar refractivity (Wildman–Crippen MR) is 105 cm³/mol. The lowest BCUT2D eigenvalue weighted by atomic mass is 10.2. The molecule has 0 unspecified atom stereocenters. The second-order valence-electron chi connectivity index (χ2n) is 5.47. The van der Waals surface area contributed by atoms with Gasteiger partial charge in [-0.25, -0.2) is 0 Å². The van der Waals surface area contributed by atoms with E-state index < -0.39 is 5.91 Å². The Hall–Kier alpha value is -2.65. The molecular formula is C17H24N6O2S. The third-order valence-corrected chi connectivity index (χ3v) is 4.42. The quantitative estimate of drug-likeness (QED) is 0.394. The number of methoxy groups -OCH3 is 1. The third-order valence-electron chi connectivity index (χ3n) is 3.45. The van der Waals surface area contributed by atoms with Gasteiger partial charge in [0.1, 0.15) is 10.0 Å². The third kappa shape index (κ3) is 6.01. The molecule has 2 rings (SSSR count). The molecule has 0 aliphatic carbocycles. The summed E-state index contributed by atoms with van der Waals surface area (Å²) in [5.74, 6) is 4.88. The molecule has 26 heavy (non-hydrogen) atoms. The van der Waals surface area contributed by atoms with Gasteiger partial charge in [-0.2, -0.15) is 5.10 Å². The number of aromatic nitrogens is 2. The molecule has 0 saturated carbocycles. The number of hydrogen-bond acceptors (Lipinski definition) is 8.